The molecule has 0 saturated heterocycles. The smallest absolute Gasteiger partial charge is 0.377 e. The lowest BCUT2D eigenvalue weighted by molar-refractivity contribution is -0.140. The van der Waals surface area contributed by atoms with Gasteiger partial charge in [-0.15, -0.1) is 0 Å². The van der Waals surface area contributed by atoms with Crippen molar-refractivity contribution >= 4 is 28.3 Å². The molecule has 0 bridgehead atoms. The fourth-order valence-electron chi connectivity index (χ4n) is 4.38. The zero-order chi connectivity index (χ0) is 24.5. The summed E-state index contributed by atoms with van der Waals surface area (Å²) < 4.78 is 53.1. The molecule has 2 aromatic carbocycles. The van der Waals surface area contributed by atoms with E-state index in [9.17, 15) is 22.4 Å². The van der Waals surface area contributed by atoms with Crippen LogP contribution in [0.2, 0.25) is 0 Å². The van der Waals surface area contributed by atoms with E-state index in [-0.39, 0.29) is 12.1 Å². The number of rotatable bonds is 5. The Labute approximate surface area is 195 Å². The van der Waals surface area contributed by atoms with Gasteiger partial charge in [0.25, 0.3) is 5.91 Å². The van der Waals surface area contributed by atoms with E-state index in [0.717, 1.165) is 47.4 Å². The second-order valence-corrected chi connectivity index (χ2v) is 8.77. The minimum Gasteiger partial charge on any atom is -0.377 e. The van der Waals surface area contributed by atoms with Crippen LogP contribution in [-0.4, -0.2) is 37.1 Å². The van der Waals surface area contributed by atoms with Crippen LogP contribution in [0.25, 0.3) is 10.9 Å². The molecule has 9 heteroatoms. The van der Waals surface area contributed by atoms with Crippen molar-refractivity contribution in [2.24, 2.45) is 0 Å². The molecule has 1 aliphatic carbocycles. The first-order valence-electron chi connectivity index (χ1n) is 11.1. The molecule has 34 heavy (non-hydrogen) atoms. The molecule has 1 aromatic heterocycles. The molecule has 1 heterocycles. The monoisotopic (exact) mass is 474 g/mol. The molecule has 3 aromatic rings. The van der Waals surface area contributed by atoms with Crippen LogP contribution in [0.15, 0.2) is 48.5 Å². The number of carbonyl (C=O) groups is 1. The normalized spacial score (nSPS) is 18.5. The summed E-state index contributed by atoms with van der Waals surface area (Å²) in [5, 5.41) is 7.22. The molecular formula is C25H26F4N4O. The molecule has 4 rings (SSSR count). The third-order valence-corrected chi connectivity index (χ3v) is 6.14. The molecule has 0 unspecified atom stereocenters. The van der Waals surface area contributed by atoms with Crippen LogP contribution in [0.1, 0.15) is 41.6 Å². The predicted octanol–water partition coefficient (Wildman–Crippen LogP) is 5.61. The van der Waals surface area contributed by atoms with Gasteiger partial charge in [-0.25, -0.2) is 9.37 Å². The number of fused-ring (bicyclic) bond motifs is 1. The Morgan fingerprint density at radius 1 is 1.00 bits per heavy atom. The molecule has 0 spiro atoms. The molecule has 0 atom stereocenters. The lowest BCUT2D eigenvalue weighted by atomic mass is 9.91. The molecule has 1 amide bonds. The molecule has 1 fully saturated rings. The van der Waals surface area contributed by atoms with E-state index < -0.39 is 29.0 Å². The van der Waals surface area contributed by atoms with E-state index in [1.54, 1.807) is 0 Å². The van der Waals surface area contributed by atoms with Crippen molar-refractivity contribution in [3.05, 3.63) is 65.5 Å². The maximum atomic E-state index is 14.3. The molecule has 1 saturated carbocycles. The summed E-state index contributed by atoms with van der Waals surface area (Å²) in [5.74, 6) is -1.60. The van der Waals surface area contributed by atoms with Crippen LogP contribution in [0, 0.1) is 5.82 Å². The molecular weight excluding hydrogens is 448 g/mol. The molecule has 2 N–H and O–H groups in total. The van der Waals surface area contributed by atoms with Crippen molar-refractivity contribution in [1.29, 1.82) is 0 Å². The summed E-state index contributed by atoms with van der Waals surface area (Å²) in [4.78, 5) is 19.2. The van der Waals surface area contributed by atoms with Gasteiger partial charge in [0.1, 0.15) is 11.6 Å². The minimum absolute atomic E-state index is 0.141. The van der Waals surface area contributed by atoms with Gasteiger partial charge in [0.15, 0.2) is 0 Å². The average molecular weight is 475 g/mol. The summed E-state index contributed by atoms with van der Waals surface area (Å²) in [5.41, 5.74) is -0.0860. The zero-order valence-corrected chi connectivity index (χ0v) is 18.9. The fourth-order valence-corrected chi connectivity index (χ4v) is 4.38. The summed E-state index contributed by atoms with van der Waals surface area (Å²) in [6.07, 6.45) is -2.13. The molecule has 0 radical (unpaired) electrons. The number of carbonyl (C=O) groups excluding carboxylic acids is 1. The van der Waals surface area contributed by atoms with E-state index in [4.69, 9.17) is 4.98 Å². The predicted molar refractivity (Wildman–Crippen MR) is 125 cm³/mol. The van der Waals surface area contributed by atoms with Gasteiger partial charge in [0.05, 0.1) is 16.6 Å². The van der Waals surface area contributed by atoms with Gasteiger partial charge >= 0.3 is 6.18 Å². The number of para-hydroxylation sites is 1. The van der Waals surface area contributed by atoms with Crippen molar-refractivity contribution in [2.75, 3.05) is 24.3 Å². The number of pyridine rings is 1. The lowest BCUT2D eigenvalue weighted by Gasteiger charge is -2.30. The van der Waals surface area contributed by atoms with Crippen LogP contribution in [-0.2, 0) is 6.18 Å². The Morgan fingerprint density at radius 3 is 2.35 bits per heavy atom. The second-order valence-electron chi connectivity index (χ2n) is 8.77. The van der Waals surface area contributed by atoms with Gasteiger partial charge in [0.2, 0.25) is 0 Å². The highest BCUT2D eigenvalue weighted by Crippen LogP contribution is 2.33. The van der Waals surface area contributed by atoms with Crippen LogP contribution in [0.3, 0.4) is 0 Å². The van der Waals surface area contributed by atoms with Gasteiger partial charge in [-0.3, -0.25) is 4.79 Å². The topological polar surface area (TPSA) is 57.3 Å². The number of hydrogen-bond acceptors (Lipinski definition) is 4. The first-order valence-corrected chi connectivity index (χ1v) is 11.1. The van der Waals surface area contributed by atoms with Crippen molar-refractivity contribution in [3.63, 3.8) is 0 Å². The van der Waals surface area contributed by atoms with Gasteiger partial charge in [-0.1, -0.05) is 24.3 Å². The van der Waals surface area contributed by atoms with E-state index in [2.05, 4.69) is 10.6 Å². The summed E-state index contributed by atoms with van der Waals surface area (Å²) in [6.45, 7) is 0. The highest BCUT2D eigenvalue weighted by atomic mass is 19.4. The Kier molecular flexibility index (Phi) is 6.63. The Hall–Kier alpha value is -3.36. The summed E-state index contributed by atoms with van der Waals surface area (Å²) >= 11 is 0. The number of nitrogens with one attached hydrogen (secondary N) is 2. The Bertz CT molecular complexity index is 1190. The summed E-state index contributed by atoms with van der Waals surface area (Å²) in [6, 6.07) is 12.6. The van der Waals surface area contributed by atoms with Gasteiger partial charge in [-0.2, -0.15) is 13.2 Å². The molecule has 1 aliphatic rings. The van der Waals surface area contributed by atoms with E-state index in [1.807, 2.05) is 49.3 Å². The number of nitrogens with zero attached hydrogens (tertiary/aromatic N) is 2. The van der Waals surface area contributed by atoms with Crippen molar-refractivity contribution < 1.29 is 22.4 Å². The van der Waals surface area contributed by atoms with Crippen molar-refractivity contribution in [2.45, 2.75) is 43.9 Å². The van der Waals surface area contributed by atoms with Gasteiger partial charge in [0, 0.05) is 43.3 Å². The largest absolute Gasteiger partial charge is 0.419 e. The molecule has 5 nitrogen and oxygen atoms in total. The standard InChI is InChI=1S/C25H26F4N4O/c1-33(2)21-14-22(32-20-9-4-3-6-17(20)21)30-15-10-12-16(13-11-15)31-24(34)18-7-5-8-19(23(18)26)25(27,28)29/h3-9,14-16H,10-13H2,1-2H3,(H,30,32)(H,31,34)/t15-,16+. The number of anilines is 2. The van der Waals surface area contributed by atoms with Gasteiger partial charge < -0.3 is 15.5 Å². The molecule has 0 aliphatic heterocycles. The van der Waals surface area contributed by atoms with E-state index >= 15 is 0 Å². The van der Waals surface area contributed by atoms with E-state index in [0.29, 0.717) is 18.9 Å². The number of amides is 1. The van der Waals surface area contributed by atoms with Crippen LogP contribution in [0.5, 0.6) is 0 Å². The SMILES string of the molecule is CN(C)c1cc(N[C@H]2CC[C@@H](NC(=O)c3cccc(C(F)(F)F)c3F)CC2)nc2ccccc12. The highest BCUT2D eigenvalue weighted by Gasteiger charge is 2.36. The second kappa shape index (κ2) is 9.48. The Balaban J connectivity index is 1.39. The fraction of sp³-hybridized carbons (Fsp3) is 0.360. The molecule has 180 valence electrons. The van der Waals surface area contributed by atoms with Crippen LogP contribution >= 0.6 is 0 Å². The van der Waals surface area contributed by atoms with Crippen molar-refractivity contribution in [3.8, 4) is 0 Å². The number of hydrogen-bond donors (Lipinski definition) is 2. The third kappa shape index (κ3) is 5.08. The number of benzene rings is 2. The zero-order valence-electron chi connectivity index (χ0n) is 18.9. The lowest BCUT2D eigenvalue weighted by Crippen LogP contribution is -2.40. The number of aromatic nitrogens is 1. The first-order chi connectivity index (χ1) is 16.1. The Morgan fingerprint density at radius 2 is 1.68 bits per heavy atom. The summed E-state index contributed by atoms with van der Waals surface area (Å²) in [7, 11) is 3.96. The number of halogens is 4. The maximum Gasteiger partial charge on any atom is 0.419 e. The van der Waals surface area contributed by atoms with Crippen LogP contribution < -0.4 is 15.5 Å². The van der Waals surface area contributed by atoms with Crippen molar-refractivity contribution in [1.82, 2.24) is 10.3 Å². The van der Waals surface area contributed by atoms with E-state index in [1.165, 1.54) is 0 Å². The maximum absolute atomic E-state index is 14.3. The first kappa shape index (κ1) is 23.8. The van der Waals surface area contributed by atoms with Gasteiger partial charge in [-0.05, 0) is 43.9 Å². The number of alkyl halides is 3. The average Bonchev–Trinajstić information content (AvgIpc) is 2.79. The quantitative estimate of drug-likeness (QED) is 0.472. The van der Waals surface area contributed by atoms with Crippen LogP contribution in [0.4, 0.5) is 29.1 Å². The highest BCUT2D eigenvalue weighted by molar-refractivity contribution is 5.95. The third-order valence-electron chi connectivity index (χ3n) is 6.14. The minimum atomic E-state index is -4.85.